The minimum atomic E-state index is -3.37. The van der Waals surface area contributed by atoms with Crippen LogP contribution in [0.3, 0.4) is 0 Å². The molecule has 0 aliphatic carbocycles. The Morgan fingerprint density at radius 2 is 1.96 bits per heavy atom. The molecule has 1 N–H and O–H groups in total. The molecule has 1 aromatic rings. The number of sulfonamides is 1. The summed E-state index contributed by atoms with van der Waals surface area (Å²) in [6, 6.07) is 5.71. The van der Waals surface area contributed by atoms with Gasteiger partial charge in [0.25, 0.3) is 5.69 Å². The molecular weight excluding hydrogens is 342 g/mol. The summed E-state index contributed by atoms with van der Waals surface area (Å²) >= 11 is 0. The van der Waals surface area contributed by atoms with Crippen molar-refractivity contribution in [1.29, 1.82) is 0 Å². The highest BCUT2D eigenvalue weighted by atomic mass is 35.5. The quantitative estimate of drug-likeness (QED) is 0.648. The number of benzene rings is 1. The zero-order chi connectivity index (χ0) is 15.8. The number of rotatable bonds is 4. The van der Waals surface area contributed by atoms with Crippen LogP contribution >= 0.6 is 12.4 Å². The Morgan fingerprint density at radius 1 is 1.26 bits per heavy atom. The number of hydrogen-bond acceptors (Lipinski definition) is 5. The lowest BCUT2D eigenvalue weighted by molar-refractivity contribution is -0.384. The molecule has 1 aromatic carbocycles. The molecular formula is C14H20ClN3O4S. The minimum Gasteiger partial charge on any atom is -0.316 e. The lowest BCUT2D eigenvalue weighted by atomic mass is 9.87. The third-order valence-electron chi connectivity index (χ3n) is 4.63. The Labute approximate surface area is 141 Å². The van der Waals surface area contributed by atoms with Crippen molar-refractivity contribution in [2.45, 2.75) is 18.6 Å². The van der Waals surface area contributed by atoms with Crippen molar-refractivity contribution >= 4 is 28.1 Å². The van der Waals surface area contributed by atoms with Crippen LogP contribution in [0, 0.1) is 15.5 Å². The van der Waals surface area contributed by atoms with E-state index in [1.165, 1.54) is 24.3 Å². The first kappa shape index (κ1) is 18.1. The molecule has 2 aliphatic rings. The molecule has 1 atom stereocenters. The highest BCUT2D eigenvalue weighted by molar-refractivity contribution is 7.88. The molecule has 3 rings (SSSR count). The fourth-order valence-electron chi connectivity index (χ4n) is 3.29. The Morgan fingerprint density at radius 3 is 2.52 bits per heavy atom. The summed E-state index contributed by atoms with van der Waals surface area (Å²) in [5.74, 6) is -0.103. The summed E-state index contributed by atoms with van der Waals surface area (Å²) in [5.41, 5.74) is 0.650. The lowest BCUT2D eigenvalue weighted by Crippen LogP contribution is -2.34. The Bertz CT molecular complexity index is 672. The van der Waals surface area contributed by atoms with Gasteiger partial charge in [-0.2, -0.15) is 0 Å². The van der Waals surface area contributed by atoms with Gasteiger partial charge in [-0.15, -0.1) is 12.4 Å². The second-order valence-corrected chi connectivity index (χ2v) is 8.16. The molecule has 0 saturated carbocycles. The van der Waals surface area contributed by atoms with Gasteiger partial charge in [-0.05, 0) is 30.4 Å². The monoisotopic (exact) mass is 361 g/mol. The van der Waals surface area contributed by atoms with Crippen molar-refractivity contribution in [2.24, 2.45) is 5.41 Å². The number of nitrogens with one attached hydrogen (secondary N) is 1. The van der Waals surface area contributed by atoms with E-state index >= 15 is 0 Å². The molecule has 2 fully saturated rings. The first-order valence-corrected chi connectivity index (χ1v) is 8.93. The maximum atomic E-state index is 12.5. The normalized spacial score (nSPS) is 24.7. The van der Waals surface area contributed by atoms with Crippen LogP contribution in [0.2, 0.25) is 0 Å². The second-order valence-electron chi connectivity index (χ2n) is 6.19. The van der Waals surface area contributed by atoms with Gasteiger partial charge in [-0.25, -0.2) is 12.7 Å². The summed E-state index contributed by atoms with van der Waals surface area (Å²) in [6.45, 7) is 2.99. The molecule has 0 amide bonds. The number of hydrogen-bond donors (Lipinski definition) is 1. The number of nitro benzene ring substituents is 1. The van der Waals surface area contributed by atoms with E-state index in [1.807, 2.05) is 0 Å². The van der Waals surface area contributed by atoms with E-state index < -0.39 is 14.9 Å². The minimum absolute atomic E-state index is 0. The summed E-state index contributed by atoms with van der Waals surface area (Å²) in [7, 11) is -3.37. The van der Waals surface area contributed by atoms with Crippen LogP contribution in [0.4, 0.5) is 5.69 Å². The van der Waals surface area contributed by atoms with E-state index in [0.29, 0.717) is 18.7 Å². The molecule has 23 heavy (non-hydrogen) atoms. The molecule has 2 saturated heterocycles. The molecule has 0 radical (unpaired) electrons. The van der Waals surface area contributed by atoms with Crippen molar-refractivity contribution in [3.8, 4) is 0 Å². The number of nitro groups is 1. The summed E-state index contributed by atoms with van der Waals surface area (Å²) in [4.78, 5) is 10.1. The predicted octanol–water partition coefficient (Wildman–Crippen LogP) is 1.53. The van der Waals surface area contributed by atoms with Crippen molar-refractivity contribution < 1.29 is 13.3 Å². The molecule has 7 nitrogen and oxygen atoms in total. The van der Waals surface area contributed by atoms with Gasteiger partial charge in [0, 0.05) is 31.8 Å². The number of nitrogens with zero attached hydrogens (tertiary/aromatic N) is 2. The third-order valence-corrected chi connectivity index (χ3v) is 6.42. The van der Waals surface area contributed by atoms with E-state index in [1.54, 1.807) is 4.31 Å². The Hall–Kier alpha value is -1.22. The third kappa shape index (κ3) is 3.82. The zero-order valence-electron chi connectivity index (χ0n) is 12.6. The van der Waals surface area contributed by atoms with Crippen LogP contribution in [-0.2, 0) is 15.8 Å². The highest BCUT2D eigenvalue weighted by Crippen LogP contribution is 2.37. The molecule has 9 heteroatoms. The number of non-ortho nitro benzene ring substituents is 1. The molecule has 2 aliphatic heterocycles. The smallest absolute Gasteiger partial charge is 0.269 e. The van der Waals surface area contributed by atoms with Gasteiger partial charge in [0.15, 0.2) is 0 Å². The van der Waals surface area contributed by atoms with Crippen molar-refractivity contribution in [3.63, 3.8) is 0 Å². The van der Waals surface area contributed by atoms with Gasteiger partial charge in [-0.1, -0.05) is 12.1 Å². The second kappa shape index (κ2) is 6.72. The molecule has 1 unspecified atom stereocenters. The number of halogens is 1. The van der Waals surface area contributed by atoms with Gasteiger partial charge in [0.2, 0.25) is 10.0 Å². The van der Waals surface area contributed by atoms with E-state index in [0.717, 1.165) is 25.9 Å². The first-order valence-electron chi connectivity index (χ1n) is 7.32. The summed E-state index contributed by atoms with van der Waals surface area (Å²) in [6.07, 6.45) is 1.93. The molecule has 0 bridgehead atoms. The Balaban J connectivity index is 0.00000192. The predicted molar refractivity (Wildman–Crippen MR) is 89.1 cm³/mol. The average Bonchev–Trinajstić information content (AvgIpc) is 3.10. The van der Waals surface area contributed by atoms with E-state index in [2.05, 4.69) is 5.32 Å². The largest absolute Gasteiger partial charge is 0.316 e. The summed E-state index contributed by atoms with van der Waals surface area (Å²) in [5, 5.41) is 13.9. The topological polar surface area (TPSA) is 92.5 Å². The molecule has 2 heterocycles. The van der Waals surface area contributed by atoms with Gasteiger partial charge >= 0.3 is 0 Å². The molecule has 128 valence electrons. The SMILES string of the molecule is Cl.O=[N+]([O-])c1ccc(CS(=O)(=O)N2CCC3(CCNC3)C2)cc1. The van der Waals surface area contributed by atoms with Gasteiger partial charge < -0.3 is 5.32 Å². The maximum Gasteiger partial charge on any atom is 0.269 e. The Kier molecular flexibility index (Phi) is 5.30. The van der Waals surface area contributed by atoms with Crippen molar-refractivity contribution in [1.82, 2.24) is 9.62 Å². The van der Waals surface area contributed by atoms with Gasteiger partial charge in [-0.3, -0.25) is 10.1 Å². The zero-order valence-corrected chi connectivity index (χ0v) is 14.2. The van der Waals surface area contributed by atoms with Crippen molar-refractivity contribution in [2.75, 3.05) is 26.2 Å². The van der Waals surface area contributed by atoms with Gasteiger partial charge in [0.1, 0.15) is 0 Å². The van der Waals surface area contributed by atoms with E-state index in [4.69, 9.17) is 0 Å². The van der Waals surface area contributed by atoms with Crippen LogP contribution in [0.1, 0.15) is 18.4 Å². The van der Waals surface area contributed by atoms with Crippen LogP contribution < -0.4 is 5.32 Å². The van der Waals surface area contributed by atoms with E-state index in [9.17, 15) is 18.5 Å². The maximum absolute atomic E-state index is 12.5. The lowest BCUT2D eigenvalue weighted by Gasteiger charge is -2.22. The van der Waals surface area contributed by atoms with Gasteiger partial charge in [0.05, 0.1) is 10.7 Å². The van der Waals surface area contributed by atoms with Crippen LogP contribution in [0.15, 0.2) is 24.3 Å². The fourth-order valence-corrected chi connectivity index (χ4v) is 4.93. The molecule has 1 spiro atoms. The van der Waals surface area contributed by atoms with Crippen molar-refractivity contribution in [3.05, 3.63) is 39.9 Å². The molecule has 0 aromatic heterocycles. The fraction of sp³-hybridized carbons (Fsp3) is 0.571. The van der Waals surface area contributed by atoms with Crippen LogP contribution in [0.25, 0.3) is 0 Å². The first-order chi connectivity index (χ1) is 10.4. The van der Waals surface area contributed by atoms with Crippen LogP contribution in [0.5, 0.6) is 0 Å². The highest BCUT2D eigenvalue weighted by Gasteiger charge is 2.43. The average molecular weight is 362 g/mol. The standard InChI is InChI=1S/C14H19N3O4S.ClH/c18-17(19)13-3-1-12(2-4-13)9-22(20,21)16-8-6-14(11-16)5-7-15-10-14;/h1-4,15H,5-11H2;1H. The van der Waals surface area contributed by atoms with E-state index in [-0.39, 0.29) is 29.3 Å². The van der Waals surface area contributed by atoms with Crippen LogP contribution in [-0.4, -0.2) is 43.8 Å². The summed E-state index contributed by atoms with van der Waals surface area (Å²) < 4.78 is 26.6.